The van der Waals surface area contributed by atoms with E-state index in [-0.39, 0.29) is 0 Å². The fraction of sp³-hybridized carbons (Fsp3) is 0.250. The zero-order chi connectivity index (χ0) is 20.0. The first kappa shape index (κ1) is 20.5. The van der Waals surface area contributed by atoms with Gasteiger partial charge in [0.1, 0.15) is 18.4 Å². The number of hydrogen-bond donors (Lipinski definition) is 1. The number of anilines is 2. The molecule has 2 aromatic carbocycles. The SMILES string of the molecule is C=CCOc1cccc(NC(=O)[C@H](C)N(c2cccc(C)c2)S(C)(=O)=O)c1. The number of nitrogens with one attached hydrogen (secondary N) is 1. The smallest absolute Gasteiger partial charge is 0.247 e. The first-order valence-electron chi connectivity index (χ1n) is 8.43. The Hall–Kier alpha value is -2.80. The minimum Gasteiger partial charge on any atom is -0.489 e. The number of nitrogens with zero attached hydrogens (tertiary/aromatic N) is 1. The Morgan fingerprint density at radius 1 is 1.26 bits per heavy atom. The highest BCUT2D eigenvalue weighted by atomic mass is 32.2. The molecule has 6 nitrogen and oxygen atoms in total. The van der Waals surface area contributed by atoms with Crippen molar-refractivity contribution in [2.75, 3.05) is 22.5 Å². The maximum Gasteiger partial charge on any atom is 0.247 e. The summed E-state index contributed by atoms with van der Waals surface area (Å²) in [4.78, 5) is 12.7. The van der Waals surface area contributed by atoms with Crippen molar-refractivity contribution >= 4 is 27.3 Å². The number of rotatable bonds is 8. The summed E-state index contributed by atoms with van der Waals surface area (Å²) in [6.07, 6.45) is 2.71. The summed E-state index contributed by atoms with van der Waals surface area (Å²) < 4.78 is 31.2. The van der Waals surface area contributed by atoms with Crippen LogP contribution in [-0.2, 0) is 14.8 Å². The summed E-state index contributed by atoms with van der Waals surface area (Å²) in [7, 11) is -3.65. The number of carbonyl (C=O) groups excluding carboxylic acids is 1. The minimum absolute atomic E-state index is 0.350. The predicted octanol–water partition coefficient (Wildman–Crippen LogP) is 3.35. The summed E-state index contributed by atoms with van der Waals surface area (Å²) in [6.45, 7) is 7.36. The lowest BCUT2D eigenvalue weighted by molar-refractivity contribution is -0.116. The second kappa shape index (κ2) is 8.73. The molecule has 0 aliphatic carbocycles. The first-order valence-corrected chi connectivity index (χ1v) is 10.3. The Kier molecular flexibility index (Phi) is 6.63. The van der Waals surface area contributed by atoms with E-state index in [0.717, 1.165) is 16.1 Å². The van der Waals surface area contributed by atoms with E-state index in [1.165, 1.54) is 0 Å². The highest BCUT2D eigenvalue weighted by Crippen LogP contribution is 2.23. The molecule has 2 rings (SSSR count). The molecule has 0 saturated carbocycles. The number of sulfonamides is 1. The fourth-order valence-electron chi connectivity index (χ4n) is 2.64. The minimum atomic E-state index is -3.65. The lowest BCUT2D eigenvalue weighted by Crippen LogP contribution is -2.45. The molecular formula is C20H24N2O4S. The number of ether oxygens (including phenoxy) is 1. The molecular weight excluding hydrogens is 364 g/mol. The molecule has 1 amide bonds. The fourth-order valence-corrected chi connectivity index (χ4v) is 3.81. The highest BCUT2D eigenvalue weighted by Gasteiger charge is 2.29. The van der Waals surface area contributed by atoms with E-state index in [9.17, 15) is 13.2 Å². The molecule has 0 aliphatic rings. The van der Waals surface area contributed by atoms with Crippen LogP contribution in [0.2, 0.25) is 0 Å². The summed E-state index contributed by atoms with van der Waals surface area (Å²) in [5.74, 6) is 0.141. The molecule has 1 N–H and O–H groups in total. The Labute approximate surface area is 160 Å². The third-order valence-electron chi connectivity index (χ3n) is 3.81. The third kappa shape index (κ3) is 5.59. The van der Waals surface area contributed by atoms with Crippen LogP contribution in [0.3, 0.4) is 0 Å². The van der Waals surface area contributed by atoms with Gasteiger partial charge in [-0.25, -0.2) is 8.42 Å². The van der Waals surface area contributed by atoms with Gasteiger partial charge in [-0.15, -0.1) is 0 Å². The van der Waals surface area contributed by atoms with Gasteiger partial charge in [-0.1, -0.05) is 30.9 Å². The van der Waals surface area contributed by atoms with Gasteiger partial charge >= 0.3 is 0 Å². The van der Waals surface area contributed by atoms with Crippen molar-refractivity contribution in [2.45, 2.75) is 19.9 Å². The Balaban J connectivity index is 2.24. The zero-order valence-electron chi connectivity index (χ0n) is 15.7. The molecule has 0 aliphatic heterocycles. The molecule has 0 fully saturated rings. The molecule has 0 spiro atoms. The molecule has 0 heterocycles. The summed E-state index contributed by atoms with van der Waals surface area (Å²) in [5.41, 5.74) is 1.87. The summed E-state index contributed by atoms with van der Waals surface area (Å²) >= 11 is 0. The average molecular weight is 388 g/mol. The Morgan fingerprint density at radius 3 is 2.59 bits per heavy atom. The van der Waals surface area contributed by atoms with E-state index in [1.807, 2.05) is 13.0 Å². The largest absolute Gasteiger partial charge is 0.489 e. The van der Waals surface area contributed by atoms with Crippen LogP contribution in [0.1, 0.15) is 12.5 Å². The van der Waals surface area contributed by atoms with Gasteiger partial charge in [0, 0.05) is 11.8 Å². The van der Waals surface area contributed by atoms with Crippen molar-refractivity contribution in [2.24, 2.45) is 0 Å². The number of amides is 1. The Morgan fingerprint density at radius 2 is 1.96 bits per heavy atom. The molecule has 144 valence electrons. The number of hydrogen-bond acceptors (Lipinski definition) is 4. The zero-order valence-corrected chi connectivity index (χ0v) is 16.5. The number of aryl methyl sites for hydroxylation is 1. The van der Waals surface area contributed by atoms with Crippen LogP contribution < -0.4 is 14.4 Å². The number of carbonyl (C=O) groups is 1. The van der Waals surface area contributed by atoms with Gasteiger partial charge in [0.25, 0.3) is 0 Å². The first-order chi connectivity index (χ1) is 12.7. The molecule has 27 heavy (non-hydrogen) atoms. The van der Waals surface area contributed by atoms with Crippen molar-refractivity contribution in [3.8, 4) is 5.75 Å². The van der Waals surface area contributed by atoms with Gasteiger partial charge < -0.3 is 10.1 Å². The lowest BCUT2D eigenvalue weighted by atomic mass is 10.2. The van der Waals surface area contributed by atoms with Crippen LogP contribution in [-0.4, -0.2) is 33.2 Å². The van der Waals surface area contributed by atoms with Gasteiger partial charge in [0.15, 0.2) is 0 Å². The normalized spacial score (nSPS) is 12.1. The standard InChI is InChI=1S/C20H24N2O4S/c1-5-12-26-19-11-7-9-17(14-19)21-20(23)16(3)22(27(4,24)25)18-10-6-8-15(2)13-18/h5-11,13-14,16H,1,12H2,2-4H3,(H,21,23)/t16-/m0/s1. The van der Waals surface area contributed by atoms with Gasteiger partial charge in [0.2, 0.25) is 15.9 Å². The molecule has 7 heteroatoms. The molecule has 0 unspecified atom stereocenters. The van der Waals surface area contributed by atoms with E-state index in [2.05, 4.69) is 11.9 Å². The van der Waals surface area contributed by atoms with E-state index < -0.39 is 22.0 Å². The predicted molar refractivity (Wildman–Crippen MR) is 109 cm³/mol. The van der Waals surface area contributed by atoms with Crippen LogP contribution in [0.4, 0.5) is 11.4 Å². The van der Waals surface area contributed by atoms with Crippen LogP contribution in [0, 0.1) is 6.92 Å². The molecule has 0 radical (unpaired) electrons. The van der Waals surface area contributed by atoms with Gasteiger partial charge in [-0.3, -0.25) is 9.10 Å². The van der Waals surface area contributed by atoms with Crippen molar-refractivity contribution in [3.05, 3.63) is 66.7 Å². The highest BCUT2D eigenvalue weighted by molar-refractivity contribution is 7.92. The van der Waals surface area contributed by atoms with Crippen molar-refractivity contribution in [1.82, 2.24) is 0 Å². The quantitative estimate of drug-likeness (QED) is 0.704. The Bertz CT molecular complexity index is 925. The molecule has 0 aromatic heterocycles. The van der Waals surface area contributed by atoms with Crippen molar-refractivity contribution < 1.29 is 17.9 Å². The monoisotopic (exact) mass is 388 g/mol. The second-order valence-electron chi connectivity index (χ2n) is 6.19. The summed E-state index contributed by atoms with van der Waals surface area (Å²) in [6, 6.07) is 13.0. The molecule has 2 aromatic rings. The number of benzene rings is 2. The van der Waals surface area contributed by atoms with Gasteiger partial charge in [-0.2, -0.15) is 0 Å². The molecule has 1 atom stereocenters. The van der Waals surface area contributed by atoms with E-state index in [1.54, 1.807) is 55.5 Å². The summed E-state index contributed by atoms with van der Waals surface area (Å²) in [5, 5.41) is 2.74. The van der Waals surface area contributed by atoms with Gasteiger partial charge in [-0.05, 0) is 43.7 Å². The third-order valence-corrected chi connectivity index (χ3v) is 5.06. The van der Waals surface area contributed by atoms with Crippen LogP contribution in [0.25, 0.3) is 0 Å². The second-order valence-corrected chi connectivity index (χ2v) is 8.05. The van der Waals surface area contributed by atoms with Crippen LogP contribution >= 0.6 is 0 Å². The van der Waals surface area contributed by atoms with Crippen LogP contribution in [0.15, 0.2) is 61.2 Å². The van der Waals surface area contributed by atoms with Gasteiger partial charge in [0.05, 0.1) is 11.9 Å². The molecule has 0 bridgehead atoms. The maximum absolute atomic E-state index is 12.7. The van der Waals surface area contributed by atoms with E-state index >= 15 is 0 Å². The maximum atomic E-state index is 12.7. The van der Waals surface area contributed by atoms with E-state index in [4.69, 9.17) is 4.74 Å². The topological polar surface area (TPSA) is 75.7 Å². The average Bonchev–Trinajstić information content (AvgIpc) is 2.59. The molecule has 0 saturated heterocycles. The van der Waals surface area contributed by atoms with Crippen LogP contribution in [0.5, 0.6) is 5.75 Å². The lowest BCUT2D eigenvalue weighted by Gasteiger charge is -2.28. The van der Waals surface area contributed by atoms with E-state index in [0.29, 0.717) is 23.7 Å². The van der Waals surface area contributed by atoms with Crippen molar-refractivity contribution in [1.29, 1.82) is 0 Å². The van der Waals surface area contributed by atoms with Crippen molar-refractivity contribution in [3.63, 3.8) is 0 Å².